The number of nitrogens with one attached hydrogen (secondary N) is 1. The van der Waals surface area contributed by atoms with Gasteiger partial charge in [-0.2, -0.15) is 0 Å². The molecule has 0 saturated carbocycles. The lowest BCUT2D eigenvalue weighted by atomic mass is 10.0. The topological polar surface area (TPSA) is 66.5 Å². The smallest absolute Gasteiger partial charge is 0.251 e. The molecule has 0 aliphatic heterocycles. The van der Waals surface area contributed by atoms with Crippen LogP contribution in [-0.2, 0) is 36.0 Å². The highest BCUT2D eigenvalue weighted by Gasteiger charge is 2.18. The molecule has 1 N–H and O–H groups in total. The van der Waals surface area contributed by atoms with Crippen molar-refractivity contribution in [3.63, 3.8) is 0 Å². The van der Waals surface area contributed by atoms with Crippen LogP contribution in [0.1, 0.15) is 46.5 Å². The molecule has 7 heteroatoms. The number of aryl methyl sites for hydroxylation is 2. The minimum atomic E-state index is -3.52. The largest absolute Gasteiger partial charge is 0.348 e. The Bertz CT molecular complexity index is 1220. The molecular formula is C26H29ClN2O3S. The van der Waals surface area contributed by atoms with Gasteiger partial charge in [-0.15, -0.1) is 0 Å². The lowest BCUT2D eigenvalue weighted by Crippen LogP contribution is -2.29. The molecule has 0 heterocycles. The maximum absolute atomic E-state index is 12.7. The molecule has 174 valence electrons. The number of sulfonamides is 1. The van der Waals surface area contributed by atoms with Crippen LogP contribution in [0.2, 0.25) is 5.02 Å². The van der Waals surface area contributed by atoms with Gasteiger partial charge in [-0.1, -0.05) is 61.8 Å². The maximum Gasteiger partial charge on any atom is 0.251 e. The first-order chi connectivity index (χ1) is 15.7. The predicted octanol–water partition coefficient (Wildman–Crippen LogP) is 5.36. The van der Waals surface area contributed by atoms with Crippen molar-refractivity contribution in [1.82, 2.24) is 5.32 Å². The molecule has 0 aliphatic carbocycles. The summed E-state index contributed by atoms with van der Waals surface area (Å²) in [6.07, 6.45) is 3.02. The van der Waals surface area contributed by atoms with Crippen molar-refractivity contribution in [3.05, 3.63) is 99.6 Å². The molecule has 0 unspecified atom stereocenters. The Labute approximate surface area is 201 Å². The molecular weight excluding hydrogens is 456 g/mol. The van der Waals surface area contributed by atoms with Crippen molar-refractivity contribution in [2.45, 2.75) is 39.8 Å². The average Bonchev–Trinajstić information content (AvgIpc) is 2.80. The van der Waals surface area contributed by atoms with Gasteiger partial charge in [0.1, 0.15) is 0 Å². The molecule has 33 heavy (non-hydrogen) atoms. The highest BCUT2D eigenvalue weighted by molar-refractivity contribution is 7.92. The first-order valence-corrected chi connectivity index (χ1v) is 13.1. The van der Waals surface area contributed by atoms with E-state index in [2.05, 4.69) is 37.4 Å². The van der Waals surface area contributed by atoms with Gasteiger partial charge in [-0.3, -0.25) is 9.10 Å². The Balaban J connectivity index is 1.71. The van der Waals surface area contributed by atoms with Crippen LogP contribution in [0.4, 0.5) is 5.69 Å². The molecule has 3 aromatic carbocycles. The van der Waals surface area contributed by atoms with E-state index in [-0.39, 0.29) is 12.5 Å². The van der Waals surface area contributed by atoms with E-state index in [4.69, 9.17) is 11.6 Å². The van der Waals surface area contributed by atoms with Crippen LogP contribution in [0, 0.1) is 0 Å². The third-order valence-electron chi connectivity index (χ3n) is 5.54. The van der Waals surface area contributed by atoms with Gasteiger partial charge in [-0.25, -0.2) is 8.42 Å². The molecule has 0 radical (unpaired) electrons. The van der Waals surface area contributed by atoms with Gasteiger partial charge in [0.15, 0.2) is 0 Å². The lowest BCUT2D eigenvalue weighted by Gasteiger charge is -2.22. The summed E-state index contributed by atoms with van der Waals surface area (Å²) in [4.78, 5) is 12.7. The minimum absolute atomic E-state index is 0.144. The summed E-state index contributed by atoms with van der Waals surface area (Å²) >= 11 is 6.04. The van der Waals surface area contributed by atoms with Gasteiger partial charge < -0.3 is 5.32 Å². The van der Waals surface area contributed by atoms with E-state index in [9.17, 15) is 13.2 Å². The normalized spacial score (nSPS) is 11.3. The quantitative estimate of drug-likeness (QED) is 0.444. The van der Waals surface area contributed by atoms with Crippen LogP contribution in [0.3, 0.4) is 0 Å². The number of amides is 1. The van der Waals surface area contributed by atoms with E-state index in [0.717, 1.165) is 30.2 Å². The summed E-state index contributed by atoms with van der Waals surface area (Å²) in [5, 5.41) is 3.46. The van der Waals surface area contributed by atoms with E-state index in [1.165, 1.54) is 15.4 Å². The van der Waals surface area contributed by atoms with E-state index < -0.39 is 10.0 Å². The summed E-state index contributed by atoms with van der Waals surface area (Å²) in [5.41, 5.74) is 5.39. The summed E-state index contributed by atoms with van der Waals surface area (Å²) in [7, 11) is -3.52. The fourth-order valence-electron chi connectivity index (χ4n) is 3.64. The monoisotopic (exact) mass is 484 g/mol. The number of anilines is 1. The van der Waals surface area contributed by atoms with Crippen molar-refractivity contribution in [1.29, 1.82) is 0 Å². The van der Waals surface area contributed by atoms with Crippen LogP contribution in [0.25, 0.3) is 0 Å². The second-order valence-corrected chi connectivity index (χ2v) is 10.3. The number of hydrogen-bond acceptors (Lipinski definition) is 3. The number of nitrogens with zero attached hydrogens (tertiary/aromatic N) is 1. The zero-order valence-corrected chi connectivity index (χ0v) is 20.7. The molecule has 5 nitrogen and oxygen atoms in total. The average molecular weight is 485 g/mol. The van der Waals surface area contributed by atoms with Crippen LogP contribution >= 0.6 is 11.6 Å². The third kappa shape index (κ3) is 6.59. The Morgan fingerprint density at radius 3 is 2.21 bits per heavy atom. The summed E-state index contributed by atoms with van der Waals surface area (Å²) in [6, 6.07) is 20.1. The van der Waals surface area contributed by atoms with E-state index in [0.29, 0.717) is 22.8 Å². The highest BCUT2D eigenvalue weighted by Crippen LogP contribution is 2.24. The van der Waals surface area contributed by atoms with E-state index in [1.807, 2.05) is 0 Å². The molecule has 0 bridgehead atoms. The van der Waals surface area contributed by atoms with Gasteiger partial charge in [0.05, 0.1) is 18.5 Å². The predicted molar refractivity (Wildman–Crippen MR) is 135 cm³/mol. The van der Waals surface area contributed by atoms with Crippen molar-refractivity contribution in [2.75, 3.05) is 10.6 Å². The van der Waals surface area contributed by atoms with Crippen molar-refractivity contribution < 1.29 is 13.2 Å². The first kappa shape index (κ1) is 24.8. The Morgan fingerprint density at radius 2 is 1.61 bits per heavy atom. The summed E-state index contributed by atoms with van der Waals surface area (Å²) < 4.78 is 26.0. The fraction of sp³-hybridized carbons (Fsp3) is 0.269. The number of benzene rings is 3. The lowest BCUT2D eigenvalue weighted by molar-refractivity contribution is 0.0951. The van der Waals surface area contributed by atoms with Crippen LogP contribution in [0.15, 0.2) is 66.7 Å². The van der Waals surface area contributed by atoms with Crippen LogP contribution < -0.4 is 9.62 Å². The minimum Gasteiger partial charge on any atom is -0.348 e. The molecule has 0 aromatic heterocycles. The Kier molecular flexibility index (Phi) is 8.16. The molecule has 1 amide bonds. The van der Waals surface area contributed by atoms with Crippen LogP contribution in [0.5, 0.6) is 0 Å². The maximum atomic E-state index is 12.7. The fourth-order valence-corrected chi connectivity index (χ4v) is 4.71. The number of carbonyl (C=O) groups is 1. The number of hydrogen-bond donors (Lipinski definition) is 1. The molecule has 0 saturated heterocycles. The van der Waals surface area contributed by atoms with Gasteiger partial charge >= 0.3 is 0 Å². The summed E-state index contributed by atoms with van der Waals surface area (Å²) in [5.74, 6) is -0.166. The molecule has 0 aliphatic rings. The van der Waals surface area contributed by atoms with Gasteiger partial charge in [0.2, 0.25) is 10.0 Å². The van der Waals surface area contributed by atoms with Crippen molar-refractivity contribution >= 4 is 33.2 Å². The summed E-state index contributed by atoms with van der Waals surface area (Å²) in [6.45, 7) is 4.83. The second-order valence-electron chi connectivity index (χ2n) is 7.94. The third-order valence-corrected chi connectivity index (χ3v) is 6.91. The Hall–Kier alpha value is -2.83. The Morgan fingerprint density at radius 1 is 0.909 bits per heavy atom. The first-order valence-electron chi connectivity index (χ1n) is 10.9. The second kappa shape index (κ2) is 10.9. The number of rotatable bonds is 9. The SMILES string of the molecule is CCc1ccc(CC)c(CNC(=O)c2ccc(CN(c3cccc(Cl)c3)S(C)(=O)=O)cc2)c1. The van der Waals surface area contributed by atoms with Gasteiger partial charge in [-0.05, 0) is 65.4 Å². The van der Waals surface area contributed by atoms with E-state index in [1.54, 1.807) is 48.5 Å². The van der Waals surface area contributed by atoms with Gasteiger partial charge in [0.25, 0.3) is 5.91 Å². The zero-order chi connectivity index (χ0) is 24.0. The van der Waals surface area contributed by atoms with Crippen molar-refractivity contribution in [3.8, 4) is 0 Å². The van der Waals surface area contributed by atoms with E-state index >= 15 is 0 Å². The molecule has 3 aromatic rings. The van der Waals surface area contributed by atoms with Crippen molar-refractivity contribution in [2.24, 2.45) is 0 Å². The zero-order valence-electron chi connectivity index (χ0n) is 19.1. The molecule has 0 atom stereocenters. The molecule has 0 spiro atoms. The van der Waals surface area contributed by atoms with Crippen LogP contribution in [-0.4, -0.2) is 20.6 Å². The molecule has 3 rings (SSSR count). The molecule has 0 fully saturated rings. The number of carbonyl (C=O) groups excluding carboxylic acids is 1. The number of halogens is 1. The highest BCUT2D eigenvalue weighted by atomic mass is 35.5. The van der Waals surface area contributed by atoms with Gasteiger partial charge in [0, 0.05) is 17.1 Å². The standard InChI is InChI=1S/C26H29ClN2O3S/c1-4-19-9-12-21(5-2)23(15-19)17-28-26(30)22-13-10-20(11-14-22)18-29(33(3,31)32)25-8-6-7-24(27)16-25/h6-16H,4-5,17-18H2,1-3H3,(H,28,30).